The first kappa shape index (κ1) is 25.2. The maximum absolute atomic E-state index is 13.6. The van der Waals surface area contributed by atoms with Crippen LogP contribution < -0.4 is 9.62 Å². The van der Waals surface area contributed by atoms with Crippen LogP contribution in [0, 0.1) is 27.7 Å². The number of rotatable bonds is 8. The van der Waals surface area contributed by atoms with Gasteiger partial charge in [0.2, 0.25) is 5.91 Å². The topological polar surface area (TPSA) is 84.3 Å². The second-order valence-electron chi connectivity index (χ2n) is 8.84. The molecule has 0 spiro atoms. The predicted octanol–water partition coefficient (Wildman–Crippen LogP) is 4.62. The second kappa shape index (κ2) is 10.4. The van der Waals surface area contributed by atoms with Crippen LogP contribution in [0.5, 0.6) is 0 Å². The molecule has 0 saturated carbocycles. The summed E-state index contributed by atoms with van der Waals surface area (Å²) in [5.41, 5.74) is 5.19. The molecule has 0 bridgehead atoms. The Morgan fingerprint density at radius 3 is 2.33 bits per heavy atom. The molecular weight excluding hydrogens is 472 g/mol. The van der Waals surface area contributed by atoms with E-state index in [2.05, 4.69) is 10.3 Å². The Morgan fingerprint density at radius 2 is 1.67 bits per heavy atom. The van der Waals surface area contributed by atoms with Gasteiger partial charge in [-0.05, 0) is 74.7 Å². The van der Waals surface area contributed by atoms with Gasteiger partial charge in [-0.15, -0.1) is 0 Å². The van der Waals surface area contributed by atoms with E-state index in [0.29, 0.717) is 5.69 Å². The minimum absolute atomic E-state index is 0.139. The fourth-order valence-corrected chi connectivity index (χ4v) is 5.35. The summed E-state index contributed by atoms with van der Waals surface area (Å²) >= 11 is 0. The Labute approximate surface area is 212 Å². The SMILES string of the molecule is Cc1ccc(S(=O)(=O)N(CC(=O)NCc2ccccc2-n2ccnc2C)c2ccc(C)c(C)c2)cc1. The van der Waals surface area contributed by atoms with Crippen LogP contribution in [0.1, 0.15) is 28.1 Å². The first-order chi connectivity index (χ1) is 17.2. The van der Waals surface area contributed by atoms with E-state index in [1.54, 1.807) is 42.6 Å². The lowest BCUT2D eigenvalue weighted by Crippen LogP contribution is -2.40. The zero-order chi connectivity index (χ0) is 25.9. The van der Waals surface area contributed by atoms with E-state index in [9.17, 15) is 13.2 Å². The molecule has 0 aliphatic carbocycles. The maximum atomic E-state index is 13.6. The van der Waals surface area contributed by atoms with Gasteiger partial charge in [0.05, 0.1) is 16.3 Å². The van der Waals surface area contributed by atoms with Crippen molar-refractivity contribution in [1.29, 1.82) is 0 Å². The molecule has 7 nitrogen and oxygen atoms in total. The summed E-state index contributed by atoms with van der Waals surface area (Å²) < 4.78 is 30.4. The number of imidazole rings is 1. The zero-order valence-electron chi connectivity index (χ0n) is 20.9. The highest BCUT2D eigenvalue weighted by molar-refractivity contribution is 7.92. The van der Waals surface area contributed by atoms with E-state index in [4.69, 9.17) is 0 Å². The number of carbonyl (C=O) groups is 1. The van der Waals surface area contributed by atoms with E-state index >= 15 is 0 Å². The van der Waals surface area contributed by atoms with Gasteiger partial charge < -0.3 is 9.88 Å². The molecule has 0 aliphatic heterocycles. The number of aryl methyl sites for hydroxylation is 4. The van der Waals surface area contributed by atoms with Crippen LogP contribution in [0.3, 0.4) is 0 Å². The standard InChI is InChI=1S/C28H30N4O3S/c1-20-9-13-26(14-10-20)36(34,35)32(25-12-11-21(2)22(3)17-25)19-28(33)30-18-24-7-5-6-8-27(24)31-16-15-29-23(31)4/h5-17H,18-19H2,1-4H3,(H,30,33). The van der Waals surface area contributed by atoms with Crippen molar-refractivity contribution in [2.75, 3.05) is 10.8 Å². The average Bonchev–Trinajstić information content (AvgIpc) is 3.29. The Morgan fingerprint density at radius 1 is 0.944 bits per heavy atom. The normalized spacial score (nSPS) is 11.3. The van der Waals surface area contributed by atoms with E-state index in [1.165, 1.54) is 4.31 Å². The summed E-state index contributed by atoms with van der Waals surface area (Å²) in [7, 11) is -3.97. The second-order valence-corrected chi connectivity index (χ2v) is 10.7. The van der Waals surface area contributed by atoms with Crippen LogP contribution in [0.25, 0.3) is 5.69 Å². The Kier molecular flexibility index (Phi) is 7.26. The summed E-state index contributed by atoms with van der Waals surface area (Å²) in [6, 6.07) is 19.8. The molecule has 1 heterocycles. The molecule has 4 rings (SSSR count). The third kappa shape index (κ3) is 5.33. The molecule has 0 fully saturated rings. The van der Waals surface area contributed by atoms with Crippen molar-refractivity contribution in [3.8, 4) is 5.69 Å². The molecule has 1 aromatic heterocycles. The van der Waals surface area contributed by atoms with Crippen LogP contribution in [0.15, 0.2) is 84.0 Å². The molecule has 1 N–H and O–H groups in total. The third-order valence-electron chi connectivity index (χ3n) is 6.23. The summed E-state index contributed by atoms with van der Waals surface area (Å²) in [5, 5.41) is 2.90. The van der Waals surface area contributed by atoms with E-state index < -0.39 is 15.9 Å². The summed E-state index contributed by atoms with van der Waals surface area (Å²) in [4.78, 5) is 17.5. The van der Waals surface area contributed by atoms with Crippen LogP contribution in [-0.2, 0) is 21.4 Å². The van der Waals surface area contributed by atoms with Crippen molar-refractivity contribution in [3.63, 3.8) is 0 Å². The summed E-state index contributed by atoms with van der Waals surface area (Å²) in [6.07, 6.45) is 3.59. The number of amides is 1. The molecule has 0 aliphatic rings. The number of nitrogens with one attached hydrogen (secondary N) is 1. The van der Waals surface area contributed by atoms with Crippen molar-refractivity contribution < 1.29 is 13.2 Å². The van der Waals surface area contributed by atoms with E-state index in [-0.39, 0.29) is 18.0 Å². The van der Waals surface area contributed by atoms with Gasteiger partial charge in [-0.3, -0.25) is 9.10 Å². The van der Waals surface area contributed by atoms with Gasteiger partial charge in [0.1, 0.15) is 12.4 Å². The van der Waals surface area contributed by atoms with Gasteiger partial charge in [0.15, 0.2) is 0 Å². The number of benzene rings is 3. The van der Waals surface area contributed by atoms with Crippen LogP contribution >= 0.6 is 0 Å². The zero-order valence-corrected chi connectivity index (χ0v) is 21.7. The highest BCUT2D eigenvalue weighted by Gasteiger charge is 2.27. The molecule has 4 aromatic rings. The quantitative estimate of drug-likeness (QED) is 0.381. The van der Waals surface area contributed by atoms with Crippen molar-refractivity contribution >= 4 is 21.6 Å². The van der Waals surface area contributed by atoms with E-state index in [0.717, 1.165) is 33.8 Å². The Bertz CT molecular complexity index is 1490. The molecule has 186 valence electrons. The molecule has 0 saturated heterocycles. The monoisotopic (exact) mass is 502 g/mol. The first-order valence-electron chi connectivity index (χ1n) is 11.7. The van der Waals surface area contributed by atoms with Crippen LogP contribution in [0.4, 0.5) is 5.69 Å². The van der Waals surface area contributed by atoms with Crippen molar-refractivity contribution in [3.05, 3.63) is 107 Å². The van der Waals surface area contributed by atoms with Gasteiger partial charge in [0, 0.05) is 18.9 Å². The predicted molar refractivity (Wildman–Crippen MR) is 142 cm³/mol. The number of hydrogen-bond acceptors (Lipinski definition) is 4. The largest absolute Gasteiger partial charge is 0.350 e. The third-order valence-corrected chi connectivity index (χ3v) is 8.02. The highest BCUT2D eigenvalue weighted by atomic mass is 32.2. The van der Waals surface area contributed by atoms with E-state index in [1.807, 2.05) is 68.8 Å². The number of carbonyl (C=O) groups excluding carboxylic acids is 1. The van der Waals surface area contributed by atoms with Crippen LogP contribution in [0.2, 0.25) is 0 Å². The molecule has 8 heteroatoms. The number of anilines is 1. The van der Waals surface area contributed by atoms with Gasteiger partial charge in [-0.2, -0.15) is 0 Å². The number of hydrogen-bond donors (Lipinski definition) is 1. The fourth-order valence-electron chi connectivity index (χ4n) is 3.94. The van der Waals surface area contributed by atoms with Gasteiger partial charge in [-0.25, -0.2) is 13.4 Å². The van der Waals surface area contributed by atoms with Crippen molar-refractivity contribution in [2.24, 2.45) is 0 Å². The molecule has 0 atom stereocenters. The van der Waals surface area contributed by atoms with Gasteiger partial charge >= 0.3 is 0 Å². The average molecular weight is 503 g/mol. The molecule has 3 aromatic carbocycles. The summed E-state index contributed by atoms with van der Waals surface area (Å²) in [5.74, 6) is 0.431. The van der Waals surface area contributed by atoms with Gasteiger partial charge in [0.25, 0.3) is 10.0 Å². The minimum atomic E-state index is -3.97. The maximum Gasteiger partial charge on any atom is 0.264 e. The lowest BCUT2D eigenvalue weighted by molar-refractivity contribution is -0.119. The number of aromatic nitrogens is 2. The fraction of sp³-hybridized carbons (Fsp3) is 0.214. The minimum Gasteiger partial charge on any atom is -0.350 e. The van der Waals surface area contributed by atoms with Crippen molar-refractivity contribution in [2.45, 2.75) is 39.1 Å². The van der Waals surface area contributed by atoms with Gasteiger partial charge in [-0.1, -0.05) is 42.0 Å². The number of nitrogens with zero attached hydrogens (tertiary/aromatic N) is 3. The lowest BCUT2D eigenvalue weighted by atomic mass is 10.1. The van der Waals surface area contributed by atoms with Crippen LogP contribution in [-0.4, -0.2) is 30.4 Å². The summed E-state index contributed by atoms with van der Waals surface area (Å²) in [6.45, 7) is 7.60. The Balaban J connectivity index is 1.60. The molecule has 0 unspecified atom stereocenters. The molecule has 1 amide bonds. The lowest BCUT2D eigenvalue weighted by Gasteiger charge is -2.25. The first-order valence-corrected chi connectivity index (χ1v) is 13.1. The Hall–Kier alpha value is -3.91. The molecule has 0 radical (unpaired) electrons. The smallest absolute Gasteiger partial charge is 0.264 e. The highest BCUT2D eigenvalue weighted by Crippen LogP contribution is 2.26. The molecule has 36 heavy (non-hydrogen) atoms. The molecular formula is C28H30N4O3S. The number of para-hydroxylation sites is 1. The van der Waals surface area contributed by atoms with Crippen molar-refractivity contribution in [1.82, 2.24) is 14.9 Å². The number of sulfonamides is 1.